The van der Waals surface area contributed by atoms with E-state index in [9.17, 15) is 5.26 Å². The van der Waals surface area contributed by atoms with Gasteiger partial charge < -0.3 is 20.4 Å². The van der Waals surface area contributed by atoms with Gasteiger partial charge in [0.05, 0.1) is 23.1 Å². The molecular weight excluding hydrogens is 418 g/mol. The maximum absolute atomic E-state index is 9.56. The molecule has 1 saturated carbocycles. The average molecular weight is 446 g/mol. The SMILES string of the molecule is COC1C=C(c2ncn(C)n2)C=CC1Nc1nc(NC2CCCCC2)c2c(C#N)c[nH]c2n1. The number of rotatable bonds is 6. The molecule has 1 fully saturated rings. The molecule has 10 nitrogen and oxygen atoms in total. The number of aromatic nitrogens is 6. The largest absolute Gasteiger partial charge is 0.375 e. The molecule has 0 saturated heterocycles. The number of hydrogen-bond donors (Lipinski definition) is 3. The van der Waals surface area contributed by atoms with Crippen LogP contribution in [0.2, 0.25) is 0 Å². The van der Waals surface area contributed by atoms with Gasteiger partial charge in [0.1, 0.15) is 23.9 Å². The van der Waals surface area contributed by atoms with Crippen LogP contribution in [-0.2, 0) is 11.8 Å². The van der Waals surface area contributed by atoms with Crippen LogP contribution in [0.25, 0.3) is 16.6 Å². The average Bonchev–Trinajstić information content (AvgIpc) is 3.46. The number of hydrogen-bond acceptors (Lipinski definition) is 8. The normalized spacial score (nSPS) is 21.1. The fourth-order valence-electron chi connectivity index (χ4n) is 4.50. The van der Waals surface area contributed by atoms with E-state index in [1.54, 1.807) is 24.3 Å². The molecule has 3 N–H and O–H groups in total. The molecule has 2 unspecified atom stereocenters. The summed E-state index contributed by atoms with van der Waals surface area (Å²) in [7, 11) is 3.51. The van der Waals surface area contributed by atoms with Gasteiger partial charge in [-0.3, -0.25) is 4.68 Å². The lowest BCUT2D eigenvalue weighted by molar-refractivity contribution is 0.134. The number of anilines is 2. The molecule has 33 heavy (non-hydrogen) atoms. The Balaban J connectivity index is 1.42. The van der Waals surface area contributed by atoms with Crippen LogP contribution in [0.4, 0.5) is 11.8 Å². The molecule has 2 aliphatic rings. The van der Waals surface area contributed by atoms with Gasteiger partial charge in [-0.2, -0.15) is 20.3 Å². The number of nitrogens with zero attached hydrogens (tertiary/aromatic N) is 6. The predicted molar refractivity (Wildman–Crippen MR) is 125 cm³/mol. The minimum atomic E-state index is -0.249. The lowest BCUT2D eigenvalue weighted by Crippen LogP contribution is -2.34. The Labute approximate surface area is 191 Å². The molecule has 3 aromatic rings. The van der Waals surface area contributed by atoms with E-state index in [-0.39, 0.29) is 12.1 Å². The summed E-state index contributed by atoms with van der Waals surface area (Å²) in [5.74, 6) is 1.81. The van der Waals surface area contributed by atoms with Crippen molar-refractivity contribution in [1.29, 1.82) is 5.26 Å². The standard InChI is InChI=1S/C23H27N9O/c1-32-13-26-20(31-32)14-8-9-17(18(10-14)33-2)28-23-29-21-19(15(11-24)12-25-21)22(30-23)27-16-6-4-3-5-7-16/h8-10,12-13,16-18H,3-7H2,1-2H3,(H3,25,27,28,29,30). The molecule has 5 rings (SSSR count). The van der Waals surface area contributed by atoms with Gasteiger partial charge in [-0.25, -0.2) is 4.98 Å². The van der Waals surface area contributed by atoms with Gasteiger partial charge in [-0.15, -0.1) is 0 Å². The minimum Gasteiger partial charge on any atom is -0.375 e. The second kappa shape index (κ2) is 9.03. The number of ether oxygens (including phenoxy) is 1. The number of H-pyrrole nitrogens is 1. The van der Waals surface area contributed by atoms with Gasteiger partial charge in [0.2, 0.25) is 5.95 Å². The first-order valence-corrected chi connectivity index (χ1v) is 11.3. The summed E-state index contributed by atoms with van der Waals surface area (Å²) in [6.07, 6.45) is 15.0. The van der Waals surface area contributed by atoms with Crippen molar-refractivity contribution in [3.8, 4) is 6.07 Å². The minimum absolute atomic E-state index is 0.173. The molecule has 0 amide bonds. The number of fused-ring (bicyclic) bond motifs is 1. The molecular formula is C23H27N9O. The van der Waals surface area contributed by atoms with Gasteiger partial charge in [0, 0.05) is 32.0 Å². The first kappa shape index (κ1) is 21.2. The van der Waals surface area contributed by atoms with Crippen LogP contribution in [0.3, 0.4) is 0 Å². The van der Waals surface area contributed by atoms with Crippen LogP contribution in [0, 0.1) is 11.3 Å². The van der Waals surface area contributed by atoms with Crippen LogP contribution in [0.15, 0.2) is 30.8 Å². The third-order valence-corrected chi connectivity index (χ3v) is 6.20. The summed E-state index contributed by atoms with van der Waals surface area (Å²) in [5.41, 5.74) is 2.07. The number of aryl methyl sites for hydroxylation is 1. The Kier molecular flexibility index (Phi) is 5.79. The Morgan fingerprint density at radius 2 is 2.06 bits per heavy atom. The third kappa shape index (κ3) is 4.32. The summed E-state index contributed by atoms with van der Waals surface area (Å²) in [6, 6.07) is 2.42. The van der Waals surface area contributed by atoms with Crippen molar-refractivity contribution < 1.29 is 4.74 Å². The molecule has 0 bridgehead atoms. The highest BCUT2D eigenvalue weighted by atomic mass is 16.5. The van der Waals surface area contributed by atoms with Crippen molar-refractivity contribution in [2.75, 3.05) is 17.7 Å². The topological polar surface area (TPSA) is 129 Å². The van der Waals surface area contributed by atoms with Crippen molar-refractivity contribution >= 4 is 28.4 Å². The Morgan fingerprint density at radius 3 is 2.79 bits per heavy atom. The number of nitrogens with one attached hydrogen (secondary N) is 3. The molecule has 3 aromatic heterocycles. The van der Waals surface area contributed by atoms with Crippen LogP contribution in [0.5, 0.6) is 0 Å². The maximum atomic E-state index is 9.56. The second-order valence-corrected chi connectivity index (χ2v) is 8.51. The number of nitriles is 1. The van der Waals surface area contributed by atoms with Crippen LogP contribution in [0.1, 0.15) is 43.5 Å². The smallest absolute Gasteiger partial charge is 0.227 e. The summed E-state index contributed by atoms with van der Waals surface area (Å²) in [4.78, 5) is 16.8. The summed E-state index contributed by atoms with van der Waals surface area (Å²) < 4.78 is 7.39. The van der Waals surface area contributed by atoms with Gasteiger partial charge in [0.25, 0.3) is 0 Å². The van der Waals surface area contributed by atoms with Gasteiger partial charge in [0.15, 0.2) is 5.82 Å². The highest BCUT2D eigenvalue weighted by molar-refractivity contribution is 5.93. The van der Waals surface area contributed by atoms with E-state index >= 15 is 0 Å². The van der Waals surface area contributed by atoms with Gasteiger partial charge in [-0.1, -0.05) is 31.4 Å². The predicted octanol–water partition coefficient (Wildman–Crippen LogP) is 3.15. The zero-order chi connectivity index (χ0) is 22.8. The van der Waals surface area contributed by atoms with Crippen molar-refractivity contribution in [3.05, 3.63) is 42.1 Å². The third-order valence-electron chi connectivity index (χ3n) is 6.20. The van der Waals surface area contributed by atoms with Crippen LogP contribution in [-0.4, -0.2) is 55.0 Å². The first-order chi connectivity index (χ1) is 16.1. The van der Waals surface area contributed by atoms with Crippen LogP contribution < -0.4 is 10.6 Å². The van der Waals surface area contributed by atoms with Crippen molar-refractivity contribution in [2.45, 2.75) is 50.3 Å². The summed E-state index contributed by atoms with van der Waals surface area (Å²) >= 11 is 0. The number of allylic oxidation sites excluding steroid dienone is 2. The molecule has 0 aromatic carbocycles. The molecule has 10 heteroatoms. The summed E-state index contributed by atoms with van der Waals surface area (Å²) in [5, 5.41) is 21.6. The summed E-state index contributed by atoms with van der Waals surface area (Å²) in [6.45, 7) is 0. The van der Waals surface area contributed by atoms with E-state index in [1.165, 1.54) is 19.3 Å². The highest BCUT2D eigenvalue weighted by Crippen LogP contribution is 2.29. The lowest BCUT2D eigenvalue weighted by atomic mass is 9.95. The van der Waals surface area contributed by atoms with E-state index in [4.69, 9.17) is 9.72 Å². The van der Waals surface area contributed by atoms with E-state index in [0.29, 0.717) is 34.8 Å². The van der Waals surface area contributed by atoms with Crippen molar-refractivity contribution in [2.24, 2.45) is 7.05 Å². The van der Waals surface area contributed by atoms with Crippen molar-refractivity contribution in [1.82, 2.24) is 29.7 Å². The van der Waals surface area contributed by atoms with E-state index in [2.05, 4.69) is 36.8 Å². The fourth-order valence-corrected chi connectivity index (χ4v) is 4.50. The Hall–Kier alpha value is -3.71. The molecule has 0 radical (unpaired) electrons. The zero-order valence-corrected chi connectivity index (χ0v) is 18.7. The molecule has 3 heterocycles. The Morgan fingerprint density at radius 1 is 1.21 bits per heavy atom. The molecule has 2 atom stereocenters. The Bertz CT molecular complexity index is 1240. The van der Waals surface area contributed by atoms with E-state index < -0.39 is 0 Å². The van der Waals surface area contributed by atoms with Crippen LogP contribution >= 0.6 is 0 Å². The number of aromatic amines is 1. The van der Waals surface area contributed by atoms with E-state index in [1.807, 2.05) is 25.3 Å². The molecule has 0 spiro atoms. The van der Waals surface area contributed by atoms with Gasteiger partial charge >= 0.3 is 0 Å². The number of methoxy groups -OCH3 is 1. The fraction of sp³-hybridized carbons (Fsp3) is 0.435. The van der Waals surface area contributed by atoms with E-state index in [0.717, 1.165) is 23.8 Å². The molecule has 2 aliphatic carbocycles. The molecule has 170 valence electrons. The van der Waals surface area contributed by atoms with Crippen molar-refractivity contribution in [3.63, 3.8) is 0 Å². The second-order valence-electron chi connectivity index (χ2n) is 8.51. The monoisotopic (exact) mass is 445 g/mol. The first-order valence-electron chi connectivity index (χ1n) is 11.3. The maximum Gasteiger partial charge on any atom is 0.227 e. The highest BCUT2D eigenvalue weighted by Gasteiger charge is 2.25. The zero-order valence-electron chi connectivity index (χ0n) is 18.7. The molecule has 0 aliphatic heterocycles. The quantitative estimate of drug-likeness (QED) is 0.528. The lowest BCUT2D eigenvalue weighted by Gasteiger charge is -2.26. The van der Waals surface area contributed by atoms with Gasteiger partial charge in [-0.05, 0) is 18.9 Å².